The van der Waals surface area contributed by atoms with Crippen LogP contribution in [0.25, 0.3) is 16.5 Å². The van der Waals surface area contributed by atoms with Crippen molar-refractivity contribution in [1.29, 1.82) is 0 Å². The van der Waals surface area contributed by atoms with Gasteiger partial charge in [0.1, 0.15) is 11.3 Å². The van der Waals surface area contributed by atoms with Crippen LogP contribution in [0.5, 0.6) is 11.5 Å². The zero-order valence-corrected chi connectivity index (χ0v) is 12.4. The first-order valence-electron chi connectivity index (χ1n) is 6.93. The summed E-state index contributed by atoms with van der Waals surface area (Å²) in [6, 6.07) is 1.59. The summed E-state index contributed by atoms with van der Waals surface area (Å²) in [5, 5.41) is 3.62. The van der Waals surface area contributed by atoms with Crippen molar-refractivity contribution >= 4 is 22.3 Å². The lowest BCUT2D eigenvalue weighted by atomic mass is 10.1. The van der Waals surface area contributed by atoms with E-state index >= 15 is 0 Å². The number of anilines is 1. The number of ether oxygens (including phenoxy) is 2. The second-order valence-electron chi connectivity index (χ2n) is 4.94. The molecule has 116 valence electrons. The van der Waals surface area contributed by atoms with Gasteiger partial charge in [-0.3, -0.25) is 0 Å². The Bertz CT molecular complexity index is 761. The van der Waals surface area contributed by atoms with E-state index < -0.39 is 5.82 Å². The highest BCUT2D eigenvalue weighted by Crippen LogP contribution is 2.37. The second kappa shape index (κ2) is 5.76. The molecule has 0 aliphatic carbocycles. The number of rotatable bonds is 3. The van der Waals surface area contributed by atoms with Crippen LogP contribution in [0.15, 0.2) is 12.1 Å². The molecule has 1 aliphatic rings. The summed E-state index contributed by atoms with van der Waals surface area (Å²) in [5.41, 5.74) is 7.09. The van der Waals surface area contributed by atoms with E-state index in [-0.39, 0.29) is 22.8 Å². The molecule has 7 heteroatoms. The normalized spacial score (nSPS) is 14.8. The molecule has 1 aromatic carbocycles. The number of methoxy groups -OCH3 is 2. The van der Waals surface area contributed by atoms with Gasteiger partial charge in [-0.05, 0) is 24.6 Å². The third kappa shape index (κ3) is 2.33. The standard InChI is InChI=1S/C15H17FN4O2/c1-21-10-7-9-12(11(16)13(10)22-2)19-15(20-14(9)17)8-3-5-18-6-4-8/h3,7,18H,4-6H2,1-2H3,(H2,17,19,20). The minimum Gasteiger partial charge on any atom is -0.493 e. The maximum absolute atomic E-state index is 14.7. The minimum absolute atomic E-state index is 0.0124. The molecule has 0 saturated heterocycles. The van der Waals surface area contributed by atoms with Gasteiger partial charge in [0, 0.05) is 11.9 Å². The molecule has 0 radical (unpaired) electrons. The summed E-state index contributed by atoms with van der Waals surface area (Å²) in [6.07, 6.45) is 2.77. The van der Waals surface area contributed by atoms with Gasteiger partial charge in [-0.25, -0.2) is 14.4 Å². The lowest BCUT2D eigenvalue weighted by Gasteiger charge is -2.15. The number of benzene rings is 1. The number of fused-ring (bicyclic) bond motifs is 1. The van der Waals surface area contributed by atoms with Crippen molar-refractivity contribution in [2.75, 3.05) is 33.0 Å². The topological polar surface area (TPSA) is 82.3 Å². The molecular weight excluding hydrogens is 287 g/mol. The molecule has 0 saturated carbocycles. The van der Waals surface area contributed by atoms with Crippen LogP contribution in [0.2, 0.25) is 0 Å². The minimum atomic E-state index is -0.596. The molecule has 22 heavy (non-hydrogen) atoms. The zero-order chi connectivity index (χ0) is 15.7. The maximum Gasteiger partial charge on any atom is 0.199 e. The van der Waals surface area contributed by atoms with Gasteiger partial charge in [0.15, 0.2) is 23.1 Å². The third-order valence-corrected chi connectivity index (χ3v) is 3.66. The molecule has 0 bridgehead atoms. The van der Waals surface area contributed by atoms with Gasteiger partial charge >= 0.3 is 0 Å². The zero-order valence-electron chi connectivity index (χ0n) is 12.4. The molecule has 2 heterocycles. The van der Waals surface area contributed by atoms with Crippen LogP contribution in [0.3, 0.4) is 0 Å². The molecule has 0 amide bonds. The van der Waals surface area contributed by atoms with Crippen molar-refractivity contribution in [2.45, 2.75) is 6.42 Å². The molecule has 0 unspecified atom stereocenters. The number of halogens is 1. The van der Waals surface area contributed by atoms with Crippen molar-refractivity contribution in [3.8, 4) is 11.5 Å². The fraction of sp³-hybridized carbons (Fsp3) is 0.333. The lowest BCUT2D eigenvalue weighted by Crippen LogP contribution is -2.20. The molecule has 0 spiro atoms. The maximum atomic E-state index is 14.7. The Kier molecular flexibility index (Phi) is 3.81. The number of nitrogens with two attached hydrogens (primary N) is 1. The van der Waals surface area contributed by atoms with Crippen molar-refractivity contribution in [1.82, 2.24) is 15.3 Å². The monoisotopic (exact) mass is 304 g/mol. The van der Waals surface area contributed by atoms with E-state index in [4.69, 9.17) is 15.2 Å². The summed E-state index contributed by atoms with van der Waals surface area (Å²) in [4.78, 5) is 8.65. The molecule has 1 aliphatic heterocycles. The summed E-state index contributed by atoms with van der Waals surface area (Å²) in [7, 11) is 2.82. The highest BCUT2D eigenvalue weighted by atomic mass is 19.1. The predicted molar refractivity (Wildman–Crippen MR) is 82.5 cm³/mol. The fourth-order valence-corrected chi connectivity index (χ4v) is 2.52. The number of aromatic nitrogens is 2. The van der Waals surface area contributed by atoms with E-state index in [0.717, 1.165) is 25.1 Å². The second-order valence-corrected chi connectivity index (χ2v) is 4.94. The molecule has 2 aromatic rings. The van der Waals surface area contributed by atoms with Crippen LogP contribution in [-0.2, 0) is 0 Å². The van der Waals surface area contributed by atoms with Crippen LogP contribution in [0.1, 0.15) is 12.2 Å². The first-order valence-corrected chi connectivity index (χ1v) is 6.93. The smallest absolute Gasteiger partial charge is 0.199 e. The first kappa shape index (κ1) is 14.5. The van der Waals surface area contributed by atoms with E-state index in [1.54, 1.807) is 6.07 Å². The van der Waals surface area contributed by atoms with Crippen LogP contribution in [0.4, 0.5) is 10.2 Å². The summed E-state index contributed by atoms with van der Waals surface area (Å²) >= 11 is 0. The van der Waals surface area contributed by atoms with Crippen molar-refractivity contribution in [3.63, 3.8) is 0 Å². The number of hydrogen-bond donors (Lipinski definition) is 2. The highest BCUT2D eigenvalue weighted by molar-refractivity contribution is 5.92. The molecule has 0 atom stereocenters. The van der Waals surface area contributed by atoms with E-state index in [9.17, 15) is 4.39 Å². The molecule has 3 rings (SSSR count). The largest absolute Gasteiger partial charge is 0.493 e. The quantitative estimate of drug-likeness (QED) is 0.899. The lowest BCUT2D eigenvalue weighted by molar-refractivity contribution is 0.339. The van der Waals surface area contributed by atoms with E-state index in [2.05, 4.69) is 15.3 Å². The number of nitrogens with zero attached hydrogens (tertiary/aromatic N) is 2. The van der Waals surface area contributed by atoms with Crippen molar-refractivity contribution in [3.05, 3.63) is 23.8 Å². The Labute approximate surface area is 127 Å². The van der Waals surface area contributed by atoms with E-state index in [1.807, 2.05) is 6.08 Å². The van der Waals surface area contributed by atoms with Crippen LogP contribution in [-0.4, -0.2) is 37.3 Å². The Hall–Kier alpha value is -2.41. The predicted octanol–water partition coefficient (Wildman–Crippen LogP) is 1.75. The van der Waals surface area contributed by atoms with E-state index in [0.29, 0.717) is 11.2 Å². The fourth-order valence-electron chi connectivity index (χ4n) is 2.52. The van der Waals surface area contributed by atoms with Crippen LogP contribution >= 0.6 is 0 Å². The number of nitrogens with one attached hydrogen (secondary N) is 1. The highest BCUT2D eigenvalue weighted by Gasteiger charge is 2.20. The Morgan fingerprint density at radius 1 is 1.27 bits per heavy atom. The number of hydrogen-bond acceptors (Lipinski definition) is 6. The number of nitrogen functional groups attached to an aromatic ring is 1. The van der Waals surface area contributed by atoms with Gasteiger partial charge in [-0.15, -0.1) is 0 Å². The van der Waals surface area contributed by atoms with E-state index in [1.165, 1.54) is 14.2 Å². The average molecular weight is 304 g/mol. The molecular formula is C15H17FN4O2. The van der Waals surface area contributed by atoms with Gasteiger partial charge < -0.3 is 20.5 Å². The van der Waals surface area contributed by atoms with Crippen LogP contribution < -0.4 is 20.5 Å². The first-order chi connectivity index (χ1) is 10.7. The molecule has 0 fully saturated rings. The van der Waals surface area contributed by atoms with Gasteiger partial charge in [-0.1, -0.05) is 6.08 Å². The summed E-state index contributed by atoms with van der Waals surface area (Å²) < 4.78 is 24.9. The summed E-state index contributed by atoms with van der Waals surface area (Å²) in [6.45, 7) is 1.58. The Morgan fingerprint density at radius 3 is 2.73 bits per heavy atom. The van der Waals surface area contributed by atoms with Crippen molar-refractivity contribution < 1.29 is 13.9 Å². The Morgan fingerprint density at radius 2 is 2.09 bits per heavy atom. The van der Waals surface area contributed by atoms with Gasteiger partial charge in [0.2, 0.25) is 0 Å². The van der Waals surface area contributed by atoms with Crippen LogP contribution in [0, 0.1) is 5.82 Å². The third-order valence-electron chi connectivity index (χ3n) is 3.66. The van der Waals surface area contributed by atoms with Gasteiger partial charge in [0.25, 0.3) is 0 Å². The molecule has 6 nitrogen and oxygen atoms in total. The van der Waals surface area contributed by atoms with Gasteiger partial charge in [-0.2, -0.15) is 0 Å². The SMILES string of the molecule is COc1cc2c(N)nc(C3=CCNCC3)nc2c(F)c1OC. The summed E-state index contributed by atoms with van der Waals surface area (Å²) in [5.74, 6) is 0.355. The Balaban J connectivity index is 2.24. The van der Waals surface area contributed by atoms with Crippen molar-refractivity contribution in [2.24, 2.45) is 0 Å². The molecule has 1 aromatic heterocycles. The van der Waals surface area contributed by atoms with Gasteiger partial charge in [0.05, 0.1) is 14.2 Å². The average Bonchev–Trinajstić information content (AvgIpc) is 2.56. The molecule has 3 N–H and O–H groups in total.